The van der Waals surface area contributed by atoms with Crippen molar-refractivity contribution < 1.29 is 23.4 Å². The minimum Gasteiger partial charge on any atom is -0.489 e. The lowest BCUT2D eigenvalue weighted by Gasteiger charge is -2.27. The zero-order chi connectivity index (χ0) is 29.1. The van der Waals surface area contributed by atoms with Crippen LogP contribution in [0.3, 0.4) is 0 Å². The Morgan fingerprint density at radius 3 is 2.32 bits per heavy atom. The van der Waals surface area contributed by atoms with E-state index >= 15 is 0 Å². The summed E-state index contributed by atoms with van der Waals surface area (Å²) >= 11 is 0. The number of hydrogen-bond donors (Lipinski definition) is 1. The number of hydrogen-bond acceptors (Lipinski definition) is 6. The maximum atomic E-state index is 13.9. The summed E-state index contributed by atoms with van der Waals surface area (Å²) in [7, 11) is 0. The van der Waals surface area contributed by atoms with E-state index in [1.807, 2.05) is 24.3 Å². The fourth-order valence-corrected chi connectivity index (χ4v) is 4.65. The minimum atomic E-state index is -0.501. The second kappa shape index (κ2) is 11.2. The van der Waals surface area contributed by atoms with E-state index in [1.54, 1.807) is 60.7 Å². The Bertz CT molecular complexity index is 1660. The number of halogens is 1. The topological polar surface area (TPSA) is 94.6 Å². The van der Waals surface area contributed by atoms with E-state index in [2.05, 4.69) is 26.8 Å². The molecule has 0 saturated carbocycles. The van der Waals surface area contributed by atoms with Gasteiger partial charge in [-0.15, -0.1) is 0 Å². The SMILES string of the molecule is CC(C)(C)c1ccc(C(=O)Oc2ccc3c(c2)OC(N)=C(C#N)C3c2ccc(OCc3ccccc3F)cc2)cc1. The highest BCUT2D eigenvalue weighted by Crippen LogP contribution is 2.43. The number of esters is 1. The first kappa shape index (κ1) is 27.5. The summed E-state index contributed by atoms with van der Waals surface area (Å²) in [5.41, 5.74) is 9.87. The third-order valence-corrected chi connectivity index (χ3v) is 6.95. The molecule has 0 spiro atoms. The molecule has 1 atom stereocenters. The van der Waals surface area contributed by atoms with Gasteiger partial charge in [-0.25, -0.2) is 9.18 Å². The van der Waals surface area contributed by atoms with Crippen molar-refractivity contribution in [1.29, 1.82) is 5.26 Å². The molecule has 4 aromatic carbocycles. The zero-order valence-electron chi connectivity index (χ0n) is 23.0. The molecule has 2 N–H and O–H groups in total. The number of allylic oxidation sites excluding steroid dienone is 1. The van der Waals surface area contributed by atoms with Gasteiger partial charge in [0.2, 0.25) is 5.88 Å². The van der Waals surface area contributed by atoms with Crippen LogP contribution in [0.15, 0.2) is 102 Å². The van der Waals surface area contributed by atoms with Gasteiger partial charge in [0.05, 0.1) is 11.5 Å². The van der Waals surface area contributed by atoms with Gasteiger partial charge in [0.25, 0.3) is 0 Å². The third-order valence-electron chi connectivity index (χ3n) is 6.95. The Hall–Kier alpha value is -5.09. The Labute approximate surface area is 238 Å². The molecule has 0 radical (unpaired) electrons. The van der Waals surface area contributed by atoms with Gasteiger partial charge in [0, 0.05) is 17.2 Å². The molecule has 1 aliphatic rings. The highest BCUT2D eigenvalue weighted by Gasteiger charge is 2.31. The zero-order valence-corrected chi connectivity index (χ0v) is 23.0. The molecule has 0 saturated heterocycles. The number of carbonyl (C=O) groups is 1. The van der Waals surface area contributed by atoms with Crippen molar-refractivity contribution in [3.8, 4) is 23.3 Å². The lowest BCUT2D eigenvalue weighted by molar-refractivity contribution is 0.0734. The van der Waals surface area contributed by atoms with E-state index in [4.69, 9.17) is 19.9 Å². The number of rotatable bonds is 6. The van der Waals surface area contributed by atoms with E-state index in [0.29, 0.717) is 28.2 Å². The highest BCUT2D eigenvalue weighted by molar-refractivity contribution is 5.91. The van der Waals surface area contributed by atoms with Crippen LogP contribution in [0.5, 0.6) is 17.2 Å². The number of fused-ring (bicyclic) bond motifs is 1. The fraction of sp³-hybridized carbons (Fsp3) is 0.176. The maximum Gasteiger partial charge on any atom is 0.343 e. The number of nitrogens with two attached hydrogens (primary N) is 1. The monoisotopic (exact) mass is 548 g/mol. The van der Waals surface area contributed by atoms with Gasteiger partial charge in [-0.1, -0.05) is 69.3 Å². The molecule has 4 aromatic rings. The quantitative estimate of drug-likeness (QED) is 0.203. The molecule has 41 heavy (non-hydrogen) atoms. The van der Waals surface area contributed by atoms with Gasteiger partial charge >= 0.3 is 5.97 Å². The van der Waals surface area contributed by atoms with Crippen molar-refractivity contribution in [3.63, 3.8) is 0 Å². The Morgan fingerprint density at radius 1 is 0.976 bits per heavy atom. The first-order chi connectivity index (χ1) is 19.6. The first-order valence-electron chi connectivity index (χ1n) is 13.1. The van der Waals surface area contributed by atoms with Crippen LogP contribution in [0, 0.1) is 17.1 Å². The Morgan fingerprint density at radius 2 is 1.66 bits per heavy atom. The summed E-state index contributed by atoms with van der Waals surface area (Å²) in [6.45, 7) is 6.41. The van der Waals surface area contributed by atoms with Crippen molar-refractivity contribution in [2.75, 3.05) is 0 Å². The molecular formula is C34H29FN2O4. The van der Waals surface area contributed by atoms with Crippen LogP contribution >= 0.6 is 0 Å². The number of nitrogens with zero attached hydrogens (tertiary/aromatic N) is 1. The van der Waals surface area contributed by atoms with Crippen molar-refractivity contribution in [3.05, 3.63) is 136 Å². The highest BCUT2D eigenvalue weighted by atomic mass is 19.1. The van der Waals surface area contributed by atoms with Gasteiger partial charge in [-0.3, -0.25) is 0 Å². The molecule has 0 bridgehead atoms. The van der Waals surface area contributed by atoms with Crippen molar-refractivity contribution in [1.82, 2.24) is 0 Å². The average molecular weight is 549 g/mol. The van der Waals surface area contributed by atoms with E-state index < -0.39 is 11.9 Å². The van der Waals surface area contributed by atoms with Crippen LogP contribution in [-0.4, -0.2) is 5.97 Å². The lowest BCUT2D eigenvalue weighted by atomic mass is 9.83. The predicted molar refractivity (Wildman–Crippen MR) is 153 cm³/mol. The molecule has 6 nitrogen and oxygen atoms in total. The average Bonchev–Trinajstić information content (AvgIpc) is 2.96. The molecular weight excluding hydrogens is 519 g/mol. The van der Waals surface area contributed by atoms with Crippen LogP contribution in [-0.2, 0) is 12.0 Å². The molecule has 0 aliphatic carbocycles. The van der Waals surface area contributed by atoms with Gasteiger partial charge < -0.3 is 19.9 Å². The van der Waals surface area contributed by atoms with Crippen LogP contribution in [0.25, 0.3) is 0 Å². The predicted octanol–water partition coefficient (Wildman–Crippen LogP) is 7.14. The second-order valence-corrected chi connectivity index (χ2v) is 10.8. The minimum absolute atomic E-state index is 0.0221. The summed E-state index contributed by atoms with van der Waals surface area (Å²) in [4.78, 5) is 12.8. The number of carbonyl (C=O) groups excluding carboxylic acids is 1. The number of benzene rings is 4. The van der Waals surface area contributed by atoms with E-state index in [0.717, 1.165) is 11.1 Å². The molecule has 0 amide bonds. The maximum absolute atomic E-state index is 13.9. The van der Waals surface area contributed by atoms with Gasteiger partial charge in [-0.2, -0.15) is 5.26 Å². The first-order valence-corrected chi connectivity index (χ1v) is 13.1. The summed E-state index contributed by atoms with van der Waals surface area (Å²) in [6, 6.07) is 28.1. The summed E-state index contributed by atoms with van der Waals surface area (Å²) in [5, 5.41) is 9.88. The summed E-state index contributed by atoms with van der Waals surface area (Å²) < 4.78 is 31.1. The molecule has 0 aromatic heterocycles. The van der Waals surface area contributed by atoms with Crippen molar-refractivity contribution >= 4 is 5.97 Å². The van der Waals surface area contributed by atoms with Crippen LogP contribution in [0.4, 0.5) is 4.39 Å². The van der Waals surface area contributed by atoms with Crippen LogP contribution < -0.4 is 19.9 Å². The Kier molecular flexibility index (Phi) is 7.50. The standard InChI is InChI=1S/C34H29FN2O4/c1-34(2,3)24-12-8-22(9-13-24)33(38)40-26-16-17-27-30(18-26)41-32(37)28(19-36)31(27)21-10-14-25(15-11-21)39-20-23-6-4-5-7-29(23)35/h4-18,31H,20,37H2,1-3H3. The molecule has 1 aliphatic heterocycles. The van der Waals surface area contributed by atoms with Crippen LogP contribution in [0.1, 0.15) is 59.3 Å². The largest absolute Gasteiger partial charge is 0.489 e. The number of nitriles is 1. The fourth-order valence-electron chi connectivity index (χ4n) is 4.65. The summed E-state index contributed by atoms with van der Waals surface area (Å²) in [6.07, 6.45) is 0. The Balaban J connectivity index is 1.35. The molecule has 206 valence electrons. The molecule has 0 fully saturated rings. The molecule has 1 heterocycles. The summed E-state index contributed by atoms with van der Waals surface area (Å²) in [5.74, 6) is -0.115. The second-order valence-electron chi connectivity index (χ2n) is 10.8. The van der Waals surface area contributed by atoms with Gasteiger partial charge in [0.15, 0.2) is 0 Å². The van der Waals surface area contributed by atoms with E-state index in [1.165, 1.54) is 6.07 Å². The number of ether oxygens (including phenoxy) is 3. The van der Waals surface area contributed by atoms with Gasteiger partial charge in [0.1, 0.15) is 41.3 Å². The molecule has 1 unspecified atom stereocenters. The van der Waals surface area contributed by atoms with Crippen molar-refractivity contribution in [2.24, 2.45) is 5.73 Å². The van der Waals surface area contributed by atoms with Crippen LogP contribution in [0.2, 0.25) is 0 Å². The van der Waals surface area contributed by atoms with Crippen molar-refractivity contribution in [2.45, 2.75) is 38.7 Å². The van der Waals surface area contributed by atoms with E-state index in [9.17, 15) is 14.4 Å². The van der Waals surface area contributed by atoms with Gasteiger partial charge in [-0.05, 0) is 52.9 Å². The normalized spacial score (nSPS) is 14.5. The smallest absolute Gasteiger partial charge is 0.343 e. The molecule has 5 rings (SSSR count). The van der Waals surface area contributed by atoms with E-state index in [-0.39, 0.29) is 35.0 Å². The molecule has 7 heteroatoms. The lowest BCUT2D eigenvalue weighted by Crippen LogP contribution is -2.21. The third kappa shape index (κ3) is 5.92.